The highest BCUT2D eigenvalue weighted by Crippen LogP contribution is 2.20. The molecule has 0 saturated carbocycles. The second kappa shape index (κ2) is 70.2. The quantitative estimate of drug-likeness (QED) is 0.0348. The van der Waals surface area contributed by atoms with Crippen LogP contribution >= 0.6 is 11.8 Å². The van der Waals surface area contributed by atoms with E-state index in [0.717, 1.165) is 70.8 Å². The molecule has 0 aromatic rings. The second-order valence-corrected chi connectivity index (χ2v) is 25.6. The first-order chi connectivity index (χ1) is 51.0. The van der Waals surface area contributed by atoms with Gasteiger partial charge in [0.2, 0.25) is 0 Å². The number of hydrogen-bond donors (Lipinski definition) is 17. The van der Waals surface area contributed by atoms with E-state index in [1.807, 2.05) is 0 Å². The van der Waals surface area contributed by atoms with Gasteiger partial charge in [-0.25, -0.2) is 0 Å². The van der Waals surface area contributed by atoms with Crippen molar-refractivity contribution >= 4 is 65.3 Å². The van der Waals surface area contributed by atoms with Crippen LogP contribution in [0.25, 0.3) is 0 Å². The Morgan fingerprint density at radius 1 is 0.351 bits per heavy atom. The highest BCUT2D eigenvalue weighted by molar-refractivity contribution is 7.99. The van der Waals surface area contributed by atoms with Crippen LogP contribution in [0.4, 0.5) is 0 Å². The summed E-state index contributed by atoms with van der Waals surface area (Å²) in [5, 5.41) is 70.7. The zero-order valence-electron chi connectivity index (χ0n) is 60.6. The van der Waals surface area contributed by atoms with Gasteiger partial charge in [0.15, 0.2) is 44.0 Å². The fourth-order valence-electron chi connectivity index (χ4n) is 9.32. The smallest absolute Gasteiger partial charge is 0.322 e. The maximum absolute atomic E-state index is 11.2. The van der Waals surface area contributed by atoms with E-state index in [9.17, 15) is 43.2 Å². The van der Waals surface area contributed by atoms with Gasteiger partial charge in [0.25, 0.3) is 0 Å². The lowest BCUT2D eigenvalue weighted by atomic mass is 10.1. The van der Waals surface area contributed by atoms with Crippen molar-refractivity contribution in [1.29, 1.82) is 0 Å². The van der Waals surface area contributed by atoms with Crippen LogP contribution in [0, 0.1) is 0 Å². The number of rotatable bonds is 42. The fraction of sp³-hybridized carbons (Fsp3) is 0.868. The molecule has 8 rings (SSSR count). The van der Waals surface area contributed by atoms with Crippen molar-refractivity contribution in [3.8, 4) is 0 Å². The minimum absolute atomic E-state index is 0. The molecule has 0 bridgehead atoms. The van der Waals surface area contributed by atoms with Gasteiger partial charge in [-0.1, -0.05) is 55.4 Å². The normalized spacial score (nSPS) is 19.9. The van der Waals surface area contributed by atoms with Crippen LogP contribution in [0.2, 0.25) is 0 Å². The summed E-state index contributed by atoms with van der Waals surface area (Å²) in [5.74, 6) is -7.21. The molecule has 0 aliphatic carbocycles. The average molecular weight is 1640 g/mol. The maximum atomic E-state index is 11.2. The van der Waals surface area contributed by atoms with E-state index in [2.05, 4.69) is 5.32 Å². The number of hydrogen-bond acceptors (Lipinski definition) is 35. The topological polar surface area (TPSA) is 683 Å². The van der Waals surface area contributed by atoms with Crippen LogP contribution in [0.1, 0.15) is 145 Å². The lowest BCUT2D eigenvalue weighted by Gasteiger charge is -2.11. The molecule has 43 heteroatoms. The van der Waals surface area contributed by atoms with Crippen LogP contribution in [-0.4, -0.2) is 330 Å². The average Bonchev–Trinajstić information content (AvgIpc) is 1.88. The molecule has 9 unspecified atom stereocenters. The van der Waals surface area contributed by atoms with E-state index in [1.54, 1.807) is 0 Å². The molecule has 8 aliphatic heterocycles. The third kappa shape index (κ3) is 60.9. The minimum atomic E-state index is -1.17. The molecule has 0 spiro atoms. The summed E-state index contributed by atoms with van der Waals surface area (Å²) in [6.07, 6.45) is 11.5. The lowest BCUT2D eigenvalue weighted by molar-refractivity contribution is -0.142. The first kappa shape index (κ1) is 112. The highest BCUT2D eigenvalue weighted by atomic mass is 32.2. The van der Waals surface area contributed by atoms with Crippen molar-refractivity contribution in [3.63, 3.8) is 0 Å². The number of nitrogens with two attached hydrogens (primary N) is 8. The number of aliphatic carboxylic acids is 8. The largest absolute Gasteiger partial charge is 0.480 e. The molecule has 656 valence electrons. The Morgan fingerprint density at radius 3 is 1.12 bits per heavy atom. The third-order valence-electron chi connectivity index (χ3n) is 15.4. The Labute approximate surface area is 654 Å². The summed E-state index contributed by atoms with van der Waals surface area (Å²) < 4.78 is 82.4. The Bertz CT molecular complexity index is 2230. The number of nitrogens with one attached hydrogen (secondary N) is 1. The van der Waals surface area contributed by atoms with Gasteiger partial charge in [-0.05, 0) is 70.6 Å². The van der Waals surface area contributed by atoms with Crippen LogP contribution in [-0.2, 0) is 119 Å². The number of carbonyl (C=O) groups is 9. The maximum Gasteiger partial charge on any atom is 0.322 e. The lowest BCUT2D eigenvalue weighted by Crippen LogP contribution is -2.42. The highest BCUT2D eigenvalue weighted by Gasteiger charge is 2.26. The van der Waals surface area contributed by atoms with Crippen molar-refractivity contribution < 1.29 is 160 Å². The van der Waals surface area contributed by atoms with Gasteiger partial charge in [-0.3, -0.25) is 43.2 Å². The fourth-order valence-corrected chi connectivity index (χ4v) is 10.2. The summed E-state index contributed by atoms with van der Waals surface area (Å²) in [4.78, 5) is 93.9. The van der Waals surface area contributed by atoms with Crippen molar-refractivity contribution in [2.24, 2.45) is 45.9 Å². The molecule has 0 radical (unpaired) electrons. The molecule has 25 N–H and O–H groups in total. The predicted molar refractivity (Wildman–Crippen MR) is 401 cm³/mol. The van der Waals surface area contributed by atoms with E-state index in [4.69, 9.17) is 163 Å². The molecular weight excluding hydrogens is 1500 g/mol. The van der Waals surface area contributed by atoms with Crippen LogP contribution in [0.5, 0.6) is 0 Å². The van der Waals surface area contributed by atoms with Crippen LogP contribution < -0.4 is 51.2 Å². The van der Waals surface area contributed by atoms with Crippen molar-refractivity contribution in [1.82, 2.24) is 5.32 Å². The number of unbranched alkanes of at least 4 members (excludes halogenated alkanes) is 3. The SMILES string of the molecule is C.C.C.C.NC(CC(=O)CC1OCCO1)C(=O)O.NC(CCC1OCCO1)C(=O)O.NC(CCCC1OCCO1)C(=O)O.NC(CCCCC1CCCO1)C(=O)O.NC(CCCCCC1OCCO1)C(=O)O.NC(CNCC1OCCO1)C(=O)O.NC(COCC1OCCO1)C(=O)O.NC(CSCC1OCCO1)C(=O)O. The van der Waals surface area contributed by atoms with E-state index >= 15 is 0 Å². The molecule has 111 heavy (non-hydrogen) atoms. The first-order valence-corrected chi connectivity index (χ1v) is 36.6. The molecule has 0 amide bonds. The number of carboxylic acids is 8. The Hall–Kier alpha value is -5.22. The Morgan fingerprint density at radius 2 is 0.703 bits per heavy atom. The molecule has 9 atom stereocenters. The number of carboxylic acid groups (broad SMARTS) is 8. The molecule has 8 aliphatic rings. The second-order valence-electron chi connectivity index (χ2n) is 24.5. The van der Waals surface area contributed by atoms with Crippen molar-refractivity contribution in [2.45, 2.75) is 244 Å². The summed E-state index contributed by atoms with van der Waals surface area (Å²) in [7, 11) is 0. The van der Waals surface area contributed by atoms with Crippen molar-refractivity contribution in [3.05, 3.63) is 0 Å². The Kier molecular flexibility index (Phi) is 70.9. The van der Waals surface area contributed by atoms with Crippen LogP contribution in [0.3, 0.4) is 0 Å². The number of carbonyl (C=O) groups excluding carboxylic acids is 1. The zero-order valence-corrected chi connectivity index (χ0v) is 61.4. The standard InChI is InChI=1S/C10H19NO4.C10H19NO3.C8H13NO5.C8H15NO4.C7H14N2O4.C7H13NO5.C7H13NO4S.C7H13NO4.4CH4/c11-8(10(12)13)4-2-1-3-5-9-14-6-7-15-9;11-9(10(12)13)6-2-1-4-8-5-3-7-14-8;9-6(8(11)12)3-5(10)4-7-13-1-2-14-7;9-6(8(10)11)2-1-3-7-12-4-5-13-7;8-5(7(10)11)3-9-4-6-12-1-2-13-6;8-5(7(9)10)3-11-4-6-12-1-2-13-6;8-5(7(9)10)3-13-4-6-11-1-2-12-6;8-5(7(9)10)1-2-6-11-3-4-12-6;;;;/h8-9H,1-7,11H2,(H,12,13);8-9H,1-7,11H2,(H,12,13);6-7H,1-4,9H2,(H,11,12);6-7H,1-5,9H2,(H,10,11);5-6,9H,1-4,8H2,(H,10,11);2*5-6H,1-4,8H2,(H,9,10);5-6H,1-4,8H2,(H,9,10);4*1H4. The summed E-state index contributed by atoms with van der Waals surface area (Å²) in [5.41, 5.74) is 42.3. The van der Waals surface area contributed by atoms with E-state index in [-0.39, 0.29) is 106 Å². The van der Waals surface area contributed by atoms with Gasteiger partial charge in [-0.15, -0.1) is 0 Å². The summed E-state index contributed by atoms with van der Waals surface area (Å²) in [6, 6.07) is -6.78. The van der Waals surface area contributed by atoms with E-state index in [0.29, 0.717) is 149 Å². The minimum Gasteiger partial charge on any atom is -0.480 e. The van der Waals surface area contributed by atoms with Gasteiger partial charge >= 0.3 is 47.8 Å². The summed E-state index contributed by atoms with van der Waals surface area (Å²) in [6.45, 7) is 10.1. The molecule has 42 nitrogen and oxygen atoms in total. The molecule has 8 heterocycles. The van der Waals surface area contributed by atoms with Gasteiger partial charge in [0.1, 0.15) is 54.1 Å². The van der Waals surface area contributed by atoms with Gasteiger partial charge in [0, 0.05) is 44.0 Å². The molecular formula is C68H135N9O33S. The van der Waals surface area contributed by atoms with Crippen LogP contribution in [0.15, 0.2) is 0 Å². The van der Waals surface area contributed by atoms with E-state index < -0.39 is 102 Å². The van der Waals surface area contributed by atoms with E-state index in [1.165, 1.54) is 18.2 Å². The van der Waals surface area contributed by atoms with Gasteiger partial charge < -0.3 is 168 Å². The zero-order chi connectivity index (χ0) is 79.7. The van der Waals surface area contributed by atoms with Gasteiger partial charge in [0.05, 0.1) is 118 Å². The van der Waals surface area contributed by atoms with Crippen molar-refractivity contribution in [2.75, 3.05) is 137 Å². The molecule has 0 aromatic heterocycles. The number of ether oxygens (including phenoxy) is 16. The summed E-state index contributed by atoms with van der Waals surface area (Å²) >= 11 is 1.43. The molecule has 8 fully saturated rings. The number of thioether (sulfide) groups is 1. The number of ketones is 1. The number of Topliss-reactive ketones (excluding diaryl/α,β-unsaturated/α-hetero) is 1. The predicted octanol–water partition coefficient (Wildman–Crippen LogP) is -0.330. The first-order valence-electron chi connectivity index (χ1n) is 35.5. The van der Waals surface area contributed by atoms with Gasteiger partial charge in [-0.2, -0.15) is 11.8 Å². The molecule has 0 aromatic carbocycles. The third-order valence-corrected chi connectivity index (χ3v) is 16.5. The molecule has 8 saturated heterocycles. The monoisotopic (exact) mass is 1640 g/mol. The Balaban J connectivity index is -0.000000587.